The second-order valence-corrected chi connectivity index (χ2v) is 1.80. The Balaban J connectivity index is 2.07. The maximum absolute atomic E-state index is 10.0. The predicted molar refractivity (Wildman–Crippen MR) is 31.2 cm³/mol. The van der Waals surface area contributed by atoms with Gasteiger partial charge in [0, 0.05) is 0 Å². The Kier molecular flexibility index (Phi) is 2.47. The molecule has 10 heavy (non-hydrogen) atoms. The molecule has 1 saturated heterocycles. The molecule has 5 nitrogen and oxygen atoms in total. The maximum atomic E-state index is 10.0. The Morgan fingerprint density at radius 1 is 1.60 bits per heavy atom. The van der Waals surface area contributed by atoms with Crippen LogP contribution in [-0.4, -0.2) is 32.2 Å². The second kappa shape index (κ2) is 3.38. The van der Waals surface area contributed by atoms with Crippen LogP contribution in [0.1, 0.15) is 0 Å². The van der Waals surface area contributed by atoms with Crippen molar-refractivity contribution in [2.75, 3.05) is 19.8 Å². The van der Waals surface area contributed by atoms with Gasteiger partial charge in [-0.25, -0.2) is 4.79 Å². The van der Waals surface area contributed by atoms with Crippen LogP contribution in [-0.2, 0) is 14.2 Å². The minimum absolute atomic E-state index is 0.0787. The molecule has 58 valence electrons. The first-order valence-corrected chi connectivity index (χ1v) is 2.94. The first-order valence-electron chi connectivity index (χ1n) is 2.94. The minimum Gasteiger partial charge on any atom is -0.444 e. The third-order valence-corrected chi connectivity index (χ3v) is 1.05. The summed E-state index contributed by atoms with van der Waals surface area (Å²) in [4.78, 5) is 10.0. The van der Waals surface area contributed by atoms with Crippen molar-refractivity contribution in [2.24, 2.45) is 5.73 Å². The molecule has 1 fully saturated rings. The number of primary amides is 1. The molecule has 0 saturated carbocycles. The lowest BCUT2D eigenvalue weighted by atomic mass is 10.7. The van der Waals surface area contributed by atoms with E-state index in [1.54, 1.807) is 0 Å². The van der Waals surface area contributed by atoms with Crippen LogP contribution in [0.5, 0.6) is 0 Å². The highest BCUT2D eigenvalue weighted by Gasteiger charge is 2.16. The van der Waals surface area contributed by atoms with Gasteiger partial charge in [0.25, 0.3) is 0 Å². The molecule has 0 aromatic rings. The van der Waals surface area contributed by atoms with E-state index >= 15 is 0 Å². The molecule has 2 N–H and O–H groups in total. The Labute approximate surface area is 58.0 Å². The lowest BCUT2D eigenvalue weighted by Crippen LogP contribution is -2.22. The second-order valence-electron chi connectivity index (χ2n) is 1.80. The molecular formula is C5H9NO4. The number of nitrogens with two attached hydrogens (primary N) is 1. The van der Waals surface area contributed by atoms with Gasteiger partial charge >= 0.3 is 6.09 Å². The van der Waals surface area contributed by atoms with Crippen molar-refractivity contribution in [3.05, 3.63) is 0 Å². The van der Waals surface area contributed by atoms with Gasteiger partial charge < -0.3 is 19.9 Å². The van der Waals surface area contributed by atoms with Crippen LogP contribution in [0, 0.1) is 0 Å². The van der Waals surface area contributed by atoms with Crippen LogP contribution >= 0.6 is 0 Å². The summed E-state index contributed by atoms with van der Waals surface area (Å²) in [7, 11) is 0. The summed E-state index contributed by atoms with van der Waals surface area (Å²) in [6.07, 6.45) is -1.23. The van der Waals surface area contributed by atoms with Gasteiger partial charge in [-0.3, -0.25) is 0 Å². The Bertz CT molecular complexity index is 121. The molecule has 0 atom stereocenters. The fraction of sp³-hybridized carbons (Fsp3) is 0.800. The quantitative estimate of drug-likeness (QED) is 0.569. The van der Waals surface area contributed by atoms with Gasteiger partial charge in [-0.15, -0.1) is 0 Å². The van der Waals surface area contributed by atoms with Gasteiger partial charge in [-0.1, -0.05) is 0 Å². The summed E-state index contributed by atoms with van der Waals surface area (Å²) >= 11 is 0. The molecule has 1 rings (SSSR count). The Hall–Kier alpha value is -0.810. The lowest BCUT2D eigenvalue weighted by Gasteiger charge is -2.06. The lowest BCUT2D eigenvalue weighted by molar-refractivity contribution is -0.0765. The zero-order chi connectivity index (χ0) is 7.40. The van der Waals surface area contributed by atoms with Crippen molar-refractivity contribution < 1.29 is 19.0 Å². The van der Waals surface area contributed by atoms with E-state index in [1.807, 2.05) is 0 Å². The summed E-state index contributed by atoms with van der Waals surface area (Å²) in [5, 5.41) is 0. The molecule has 0 unspecified atom stereocenters. The summed E-state index contributed by atoms with van der Waals surface area (Å²) in [5.74, 6) is 0. The van der Waals surface area contributed by atoms with E-state index < -0.39 is 12.4 Å². The van der Waals surface area contributed by atoms with Gasteiger partial charge in [-0.2, -0.15) is 0 Å². The SMILES string of the molecule is NC(=O)OCC1OCCO1. The van der Waals surface area contributed by atoms with Gasteiger partial charge in [0.2, 0.25) is 0 Å². The summed E-state index contributed by atoms with van der Waals surface area (Å²) in [5.41, 5.74) is 4.70. The van der Waals surface area contributed by atoms with Crippen molar-refractivity contribution in [1.29, 1.82) is 0 Å². The van der Waals surface area contributed by atoms with Crippen LogP contribution in [0.2, 0.25) is 0 Å². The molecule has 0 aromatic carbocycles. The summed E-state index contributed by atoms with van der Waals surface area (Å²) in [6.45, 7) is 1.18. The Morgan fingerprint density at radius 3 is 2.70 bits per heavy atom. The average Bonchev–Trinajstić information content (AvgIpc) is 2.34. The summed E-state index contributed by atoms with van der Waals surface area (Å²) in [6, 6.07) is 0. The maximum Gasteiger partial charge on any atom is 0.404 e. The first-order chi connectivity index (χ1) is 4.79. The average molecular weight is 147 g/mol. The highest BCUT2D eigenvalue weighted by Crippen LogP contribution is 2.02. The molecule has 5 heteroatoms. The molecule has 0 bridgehead atoms. The first kappa shape index (κ1) is 7.30. The van der Waals surface area contributed by atoms with Crippen LogP contribution in [0.3, 0.4) is 0 Å². The third kappa shape index (κ3) is 2.20. The van der Waals surface area contributed by atoms with Gasteiger partial charge in [0.1, 0.15) is 6.61 Å². The van der Waals surface area contributed by atoms with Gasteiger partial charge in [0.05, 0.1) is 13.2 Å². The number of carbonyl (C=O) groups is 1. The van der Waals surface area contributed by atoms with Gasteiger partial charge in [-0.05, 0) is 0 Å². The van der Waals surface area contributed by atoms with E-state index in [1.165, 1.54) is 0 Å². The van der Waals surface area contributed by atoms with Crippen molar-refractivity contribution in [3.8, 4) is 0 Å². The fourth-order valence-electron chi connectivity index (χ4n) is 0.654. The van der Waals surface area contributed by atoms with Crippen LogP contribution < -0.4 is 5.73 Å². The highest BCUT2D eigenvalue weighted by molar-refractivity contribution is 5.64. The number of rotatable bonds is 2. The van der Waals surface area contributed by atoms with E-state index in [2.05, 4.69) is 4.74 Å². The number of hydrogen-bond donors (Lipinski definition) is 1. The third-order valence-electron chi connectivity index (χ3n) is 1.05. The summed E-state index contributed by atoms with van der Waals surface area (Å²) < 4.78 is 14.3. The fourth-order valence-corrected chi connectivity index (χ4v) is 0.654. The minimum atomic E-state index is -0.806. The van der Waals surface area contributed by atoms with Crippen molar-refractivity contribution in [3.63, 3.8) is 0 Å². The zero-order valence-electron chi connectivity index (χ0n) is 5.41. The zero-order valence-corrected chi connectivity index (χ0v) is 5.41. The monoisotopic (exact) mass is 147 g/mol. The van der Waals surface area contributed by atoms with E-state index in [0.717, 1.165) is 0 Å². The largest absolute Gasteiger partial charge is 0.444 e. The molecule has 1 aliphatic heterocycles. The number of carbonyl (C=O) groups excluding carboxylic acids is 1. The molecule has 0 aliphatic carbocycles. The molecule has 0 radical (unpaired) electrons. The topological polar surface area (TPSA) is 70.8 Å². The predicted octanol–water partition coefficient (Wildman–Crippen LogP) is -0.545. The van der Waals surface area contributed by atoms with Crippen molar-refractivity contribution >= 4 is 6.09 Å². The highest BCUT2D eigenvalue weighted by atomic mass is 16.7. The van der Waals surface area contributed by atoms with Crippen molar-refractivity contribution in [2.45, 2.75) is 6.29 Å². The standard InChI is InChI=1S/C5H9NO4/c6-5(7)10-3-4-8-1-2-9-4/h4H,1-3H2,(H2,6,7). The van der Waals surface area contributed by atoms with E-state index in [-0.39, 0.29) is 6.61 Å². The normalized spacial score (nSPS) is 19.2. The molecule has 1 aliphatic rings. The molecular weight excluding hydrogens is 138 g/mol. The number of ether oxygens (including phenoxy) is 3. The molecule has 1 amide bonds. The van der Waals surface area contributed by atoms with E-state index in [4.69, 9.17) is 15.2 Å². The number of hydrogen-bond acceptors (Lipinski definition) is 4. The molecule has 0 spiro atoms. The number of amides is 1. The van der Waals surface area contributed by atoms with Crippen LogP contribution in [0.4, 0.5) is 4.79 Å². The Morgan fingerprint density at radius 2 is 2.20 bits per heavy atom. The van der Waals surface area contributed by atoms with Crippen molar-refractivity contribution in [1.82, 2.24) is 0 Å². The van der Waals surface area contributed by atoms with Crippen LogP contribution in [0.15, 0.2) is 0 Å². The van der Waals surface area contributed by atoms with E-state index in [9.17, 15) is 4.79 Å². The molecule has 1 heterocycles. The van der Waals surface area contributed by atoms with Gasteiger partial charge in [0.15, 0.2) is 6.29 Å². The smallest absolute Gasteiger partial charge is 0.404 e. The van der Waals surface area contributed by atoms with E-state index in [0.29, 0.717) is 13.2 Å². The molecule has 0 aromatic heterocycles. The van der Waals surface area contributed by atoms with Crippen LogP contribution in [0.25, 0.3) is 0 Å².